The summed E-state index contributed by atoms with van der Waals surface area (Å²) in [7, 11) is 0. The third kappa shape index (κ3) is 7.03. The highest BCUT2D eigenvalue weighted by Gasteiger charge is 2.14. The molecular weight excluding hydrogens is 164 g/mol. The Labute approximate surface area is 82.6 Å². The maximum Gasteiger partial charge on any atom is 0.157 e. The molecule has 2 nitrogen and oxygen atoms in total. The minimum atomic E-state index is 0.117. The number of hydrogen-bond donors (Lipinski definition) is 0. The van der Waals surface area contributed by atoms with Crippen molar-refractivity contribution in [3.05, 3.63) is 0 Å². The van der Waals surface area contributed by atoms with Gasteiger partial charge < -0.3 is 9.47 Å². The molecule has 1 aliphatic rings. The van der Waals surface area contributed by atoms with Crippen LogP contribution in [0.15, 0.2) is 0 Å². The van der Waals surface area contributed by atoms with Gasteiger partial charge in [-0.3, -0.25) is 0 Å². The van der Waals surface area contributed by atoms with E-state index in [9.17, 15) is 0 Å². The molecule has 13 heavy (non-hydrogen) atoms. The van der Waals surface area contributed by atoms with Gasteiger partial charge in [-0.2, -0.15) is 0 Å². The summed E-state index contributed by atoms with van der Waals surface area (Å²) in [6, 6.07) is 0. The maximum atomic E-state index is 5.31. The first-order chi connectivity index (χ1) is 6.43. The number of hydrogen-bond acceptors (Lipinski definition) is 2. The molecule has 0 saturated carbocycles. The first kappa shape index (κ1) is 12.9. The molecule has 0 N–H and O–H groups in total. The monoisotopic (exact) mass is 188 g/mol. The largest absolute Gasteiger partial charge is 0.350 e. The molecule has 1 saturated heterocycles. The van der Waals surface area contributed by atoms with Crippen molar-refractivity contribution in [2.24, 2.45) is 0 Å². The Kier molecular flexibility index (Phi) is 9.94. The van der Waals surface area contributed by atoms with Gasteiger partial charge in [-0.15, -0.1) is 0 Å². The molecule has 0 unspecified atom stereocenters. The smallest absolute Gasteiger partial charge is 0.157 e. The highest BCUT2D eigenvalue weighted by Crippen LogP contribution is 2.12. The fourth-order valence-corrected chi connectivity index (χ4v) is 1.31. The van der Waals surface area contributed by atoms with E-state index in [1.165, 1.54) is 25.7 Å². The van der Waals surface area contributed by atoms with E-state index in [0.29, 0.717) is 0 Å². The highest BCUT2D eigenvalue weighted by molar-refractivity contribution is 4.52. The number of ether oxygens (including phenoxy) is 2. The highest BCUT2D eigenvalue weighted by atomic mass is 16.7. The van der Waals surface area contributed by atoms with Crippen LogP contribution in [0.1, 0.15) is 52.9 Å². The topological polar surface area (TPSA) is 18.5 Å². The van der Waals surface area contributed by atoms with Gasteiger partial charge in [0, 0.05) is 0 Å². The number of unbranched alkanes of at least 4 members (excludes halogenated alkanes) is 3. The van der Waals surface area contributed by atoms with Gasteiger partial charge in [-0.1, -0.05) is 40.0 Å². The molecule has 1 aliphatic heterocycles. The molecule has 0 radical (unpaired) electrons. The molecule has 1 rings (SSSR count). The Morgan fingerprint density at radius 3 is 2.15 bits per heavy atom. The van der Waals surface area contributed by atoms with Crippen molar-refractivity contribution in [3.8, 4) is 0 Å². The zero-order valence-electron chi connectivity index (χ0n) is 9.34. The predicted molar refractivity (Wildman–Crippen MR) is 55.8 cm³/mol. The molecule has 0 aliphatic carbocycles. The minimum Gasteiger partial charge on any atom is -0.350 e. The molecule has 0 atom stereocenters. The summed E-state index contributed by atoms with van der Waals surface area (Å²) >= 11 is 0. The van der Waals surface area contributed by atoms with Crippen LogP contribution < -0.4 is 0 Å². The van der Waals surface area contributed by atoms with Gasteiger partial charge in [-0.25, -0.2) is 0 Å². The van der Waals surface area contributed by atoms with Crippen LogP contribution in [0.4, 0.5) is 0 Å². The Morgan fingerprint density at radius 1 is 1.00 bits per heavy atom. The van der Waals surface area contributed by atoms with Gasteiger partial charge in [0.25, 0.3) is 0 Å². The summed E-state index contributed by atoms with van der Waals surface area (Å²) in [5, 5.41) is 0. The second-order valence-corrected chi connectivity index (χ2v) is 3.02. The molecular formula is C11H24O2. The summed E-state index contributed by atoms with van der Waals surface area (Å²) in [6.45, 7) is 7.81. The lowest BCUT2D eigenvalue weighted by Gasteiger charge is -2.07. The van der Waals surface area contributed by atoms with E-state index in [1.807, 2.05) is 13.8 Å². The van der Waals surface area contributed by atoms with Crippen molar-refractivity contribution in [2.75, 3.05) is 13.2 Å². The molecule has 0 aromatic heterocycles. The van der Waals surface area contributed by atoms with E-state index in [1.54, 1.807) is 0 Å². The Bertz CT molecular complexity index is 88.1. The molecule has 0 bridgehead atoms. The van der Waals surface area contributed by atoms with Crippen molar-refractivity contribution < 1.29 is 9.47 Å². The van der Waals surface area contributed by atoms with Crippen LogP contribution >= 0.6 is 0 Å². The van der Waals surface area contributed by atoms with Gasteiger partial charge in [0.15, 0.2) is 6.29 Å². The number of rotatable bonds is 5. The minimum absolute atomic E-state index is 0.117. The van der Waals surface area contributed by atoms with Crippen LogP contribution in [0.25, 0.3) is 0 Å². The summed E-state index contributed by atoms with van der Waals surface area (Å²) in [4.78, 5) is 0. The molecule has 0 aromatic carbocycles. The van der Waals surface area contributed by atoms with Crippen LogP contribution in [0.3, 0.4) is 0 Å². The summed E-state index contributed by atoms with van der Waals surface area (Å²) in [6.07, 6.45) is 6.41. The molecule has 1 heterocycles. The van der Waals surface area contributed by atoms with Crippen molar-refractivity contribution in [1.82, 2.24) is 0 Å². The quantitative estimate of drug-likeness (QED) is 0.616. The Balaban J connectivity index is 0.000000671. The molecule has 0 amide bonds. The fourth-order valence-electron chi connectivity index (χ4n) is 1.31. The van der Waals surface area contributed by atoms with E-state index < -0.39 is 0 Å². The fraction of sp³-hybridized carbons (Fsp3) is 1.00. The van der Waals surface area contributed by atoms with Gasteiger partial charge in [-0.05, 0) is 12.8 Å². The van der Waals surface area contributed by atoms with E-state index in [4.69, 9.17) is 9.47 Å². The summed E-state index contributed by atoms with van der Waals surface area (Å²) < 4.78 is 10.6. The molecule has 0 spiro atoms. The summed E-state index contributed by atoms with van der Waals surface area (Å²) in [5.74, 6) is 0. The van der Waals surface area contributed by atoms with Gasteiger partial charge in [0.2, 0.25) is 0 Å². The van der Waals surface area contributed by atoms with Crippen molar-refractivity contribution >= 4 is 0 Å². The zero-order chi connectivity index (χ0) is 9.94. The van der Waals surface area contributed by atoms with Gasteiger partial charge >= 0.3 is 0 Å². The molecule has 0 aromatic rings. The van der Waals surface area contributed by atoms with Crippen molar-refractivity contribution in [2.45, 2.75) is 59.2 Å². The molecule has 1 fully saturated rings. The maximum absolute atomic E-state index is 5.31. The van der Waals surface area contributed by atoms with E-state index in [0.717, 1.165) is 19.6 Å². The van der Waals surface area contributed by atoms with E-state index in [-0.39, 0.29) is 6.29 Å². The lowest BCUT2D eigenvalue weighted by molar-refractivity contribution is -0.0479. The van der Waals surface area contributed by atoms with Crippen LogP contribution in [0.5, 0.6) is 0 Å². The van der Waals surface area contributed by atoms with E-state index in [2.05, 4.69) is 6.92 Å². The van der Waals surface area contributed by atoms with Crippen LogP contribution in [-0.2, 0) is 9.47 Å². The molecule has 2 heteroatoms. The van der Waals surface area contributed by atoms with Crippen molar-refractivity contribution in [3.63, 3.8) is 0 Å². The van der Waals surface area contributed by atoms with Crippen LogP contribution in [0.2, 0.25) is 0 Å². The second-order valence-electron chi connectivity index (χ2n) is 3.02. The van der Waals surface area contributed by atoms with Crippen molar-refractivity contribution in [1.29, 1.82) is 0 Å². The standard InChI is InChI=1S/C9H18O2.C2H6/c1-2-3-4-5-6-9-10-7-8-11-9;1-2/h9H,2-8H2,1H3;1-2H3. The predicted octanol–water partition coefficient (Wildman–Crippen LogP) is 3.36. The lowest BCUT2D eigenvalue weighted by Crippen LogP contribution is -2.06. The average Bonchev–Trinajstić information content (AvgIpc) is 2.68. The average molecular weight is 188 g/mol. The lowest BCUT2D eigenvalue weighted by atomic mass is 10.1. The molecule has 80 valence electrons. The third-order valence-electron chi connectivity index (χ3n) is 1.98. The Morgan fingerprint density at radius 2 is 1.62 bits per heavy atom. The second kappa shape index (κ2) is 10.0. The normalized spacial score (nSPS) is 16.8. The van der Waals surface area contributed by atoms with E-state index >= 15 is 0 Å². The van der Waals surface area contributed by atoms with Gasteiger partial charge in [0.05, 0.1) is 13.2 Å². The summed E-state index contributed by atoms with van der Waals surface area (Å²) in [5.41, 5.74) is 0. The Hall–Kier alpha value is -0.0800. The first-order valence-corrected chi connectivity index (χ1v) is 5.66. The van der Waals surface area contributed by atoms with Crippen LogP contribution in [-0.4, -0.2) is 19.5 Å². The zero-order valence-corrected chi connectivity index (χ0v) is 9.34. The van der Waals surface area contributed by atoms with Gasteiger partial charge in [0.1, 0.15) is 0 Å². The third-order valence-corrected chi connectivity index (χ3v) is 1.98. The van der Waals surface area contributed by atoms with Crippen LogP contribution in [0, 0.1) is 0 Å². The first-order valence-electron chi connectivity index (χ1n) is 5.66. The SMILES string of the molecule is CC.CCCCCCC1OCCO1.